The number of nitrogens with two attached hydrogens (primary N) is 1. The van der Waals surface area contributed by atoms with Gasteiger partial charge in [0.2, 0.25) is 0 Å². The Morgan fingerprint density at radius 2 is 2.00 bits per heavy atom. The lowest BCUT2D eigenvalue weighted by molar-refractivity contribution is 0.368. The Morgan fingerprint density at radius 3 is 2.76 bits per heavy atom. The lowest BCUT2D eigenvalue weighted by Gasteiger charge is -2.34. The molecule has 0 bridgehead atoms. The summed E-state index contributed by atoms with van der Waals surface area (Å²) in [5.41, 5.74) is 10.5. The minimum Gasteiger partial charge on any atom is -0.472 e. The van der Waals surface area contributed by atoms with Crippen LogP contribution in [0.25, 0.3) is 0 Å². The van der Waals surface area contributed by atoms with Crippen molar-refractivity contribution in [1.29, 1.82) is 0 Å². The summed E-state index contributed by atoms with van der Waals surface area (Å²) in [5, 5.41) is 0. The third-order valence-corrected chi connectivity index (χ3v) is 3.69. The van der Waals surface area contributed by atoms with Gasteiger partial charge in [-0.25, -0.2) is 0 Å². The summed E-state index contributed by atoms with van der Waals surface area (Å²) in [6, 6.07) is 10.6. The molecule has 0 aliphatic heterocycles. The van der Waals surface area contributed by atoms with Crippen LogP contribution in [-0.4, -0.2) is 5.54 Å². The highest BCUT2D eigenvalue weighted by atomic mass is 16.3. The molecule has 2 aromatic rings. The Hall–Kier alpha value is -1.54. The van der Waals surface area contributed by atoms with Crippen molar-refractivity contribution in [3.05, 3.63) is 59.5 Å². The molecule has 17 heavy (non-hydrogen) atoms. The van der Waals surface area contributed by atoms with Crippen molar-refractivity contribution in [3.8, 4) is 0 Å². The Labute approximate surface area is 101 Å². The summed E-state index contributed by atoms with van der Waals surface area (Å²) in [5.74, 6) is 0. The maximum absolute atomic E-state index is 6.52. The molecule has 1 atom stereocenters. The van der Waals surface area contributed by atoms with Crippen LogP contribution in [0.3, 0.4) is 0 Å². The van der Waals surface area contributed by atoms with E-state index in [1.54, 1.807) is 12.5 Å². The number of hydrogen-bond donors (Lipinski definition) is 1. The van der Waals surface area contributed by atoms with Crippen LogP contribution >= 0.6 is 0 Å². The number of hydrogen-bond acceptors (Lipinski definition) is 2. The molecule has 1 aromatic carbocycles. The van der Waals surface area contributed by atoms with E-state index in [0.717, 1.165) is 25.7 Å². The molecular formula is C15H17NO. The summed E-state index contributed by atoms with van der Waals surface area (Å²) in [7, 11) is 0. The fourth-order valence-electron chi connectivity index (χ4n) is 2.78. The minimum atomic E-state index is -0.113. The van der Waals surface area contributed by atoms with E-state index in [4.69, 9.17) is 10.2 Å². The first-order valence-electron chi connectivity index (χ1n) is 6.12. The van der Waals surface area contributed by atoms with Gasteiger partial charge in [-0.05, 0) is 48.4 Å². The second-order valence-electron chi connectivity index (χ2n) is 5.12. The molecule has 0 saturated heterocycles. The molecule has 0 radical (unpaired) electrons. The molecule has 0 fully saturated rings. The van der Waals surface area contributed by atoms with Crippen molar-refractivity contribution in [2.24, 2.45) is 5.73 Å². The molecule has 1 heterocycles. The first kappa shape index (κ1) is 10.6. The summed E-state index contributed by atoms with van der Waals surface area (Å²) < 4.78 is 5.11. The Morgan fingerprint density at radius 1 is 1.18 bits per heavy atom. The summed E-state index contributed by atoms with van der Waals surface area (Å²) in [4.78, 5) is 0. The van der Waals surface area contributed by atoms with Crippen molar-refractivity contribution < 1.29 is 4.42 Å². The summed E-state index contributed by atoms with van der Waals surface area (Å²) >= 11 is 0. The smallest absolute Gasteiger partial charge is 0.0935 e. The van der Waals surface area contributed by atoms with E-state index < -0.39 is 0 Å². The molecule has 3 rings (SSSR count). The maximum Gasteiger partial charge on any atom is 0.0935 e. The van der Waals surface area contributed by atoms with Crippen molar-refractivity contribution in [2.45, 2.75) is 31.2 Å². The molecule has 2 N–H and O–H groups in total. The minimum absolute atomic E-state index is 0.113. The van der Waals surface area contributed by atoms with Crippen LogP contribution in [0.2, 0.25) is 0 Å². The van der Waals surface area contributed by atoms with Crippen LogP contribution in [0.1, 0.15) is 23.1 Å². The first-order valence-corrected chi connectivity index (χ1v) is 6.12. The van der Waals surface area contributed by atoms with Gasteiger partial charge in [0.1, 0.15) is 0 Å². The zero-order chi connectivity index (χ0) is 11.7. The molecule has 2 nitrogen and oxygen atoms in total. The molecule has 1 unspecified atom stereocenters. The quantitative estimate of drug-likeness (QED) is 0.856. The Balaban J connectivity index is 1.82. The molecule has 2 heteroatoms. The third-order valence-electron chi connectivity index (χ3n) is 3.69. The van der Waals surface area contributed by atoms with Crippen molar-refractivity contribution in [3.63, 3.8) is 0 Å². The fraction of sp³-hybridized carbons (Fsp3) is 0.333. The van der Waals surface area contributed by atoms with Gasteiger partial charge in [-0.1, -0.05) is 24.3 Å². The van der Waals surface area contributed by atoms with Gasteiger partial charge < -0.3 is 10.2 Å². The van der Waals surface area contributed by atoms with Crippen LogP contribution in [0.5, 0.6) is 0 Å². The predicted molar refractivity (Wildman–Crippen MR) is 67.8 cm³/mol. The number of furan rings is 1. The van der Waals surface area contributed by atoms with Gasteiger partial charge in [-0.15, -0.1) is 0 Å². The van der Waals surface area contributed by atoms with Gasteiger partial charge in [0.25, 0.3) is 0 Å². The van der Waals surface area contributed by atoms with Crippen LogP contribution in [0.4, 0.5) is 0 Å². The van der Waals surface area contributed by atoms with Crippen LogP contribution in [-0.2, 0) is 19.3 Å². The predicted octanol–water partition coefficient (Wildman–Crippen LogP) is 2.71. The van der Waals surface area contributed by atoms with Gasteiger partial charge in [-0.3, -0.25) is 0 Å². The molecule has 0 saturated carbocycles. The Bertz CT molecular complexity index is 503. The average molecular weight is 227 g/mol. The molecular weight excluding hydrogens is 210 g/mol. The van der Waals surface area contributed by atoms with E-state index in [2.05, 4.69) is 24.3 Å². The number of fused-ring (bicyclic) bond motifs is 1. The first-order chi connectivity index (χ1) is 8.25. The standard InChI is InChI=1S/C15H17NO/c16-15(9-12-6-8-17-11-12)7-5-13-3-1-2-4-14(13)10-15/h1-4,6,8,11H,5,7,9-10,16H2. The van der Waals surface area contributed by atoms with E-state index in [-0.39, 0.29) is 5.54 Å². The second-order valence-corrected chi connectivity index (χ2v) is 5.12. The van der Waals surface area contributed by atoms with Crippen molar-refractivity contribution in [2.75, 3.05) is 0 Å². The molecule has 0 spiro atoms. The summed E-state index contributed by atoms with van der Waals surface area (Å²) in [6.45, 7) is 0. The van der Waals surface area contributed by atoms with Crippen LogP contribution in [0.15, 0.2) is 47.3 Å². The Kier molecular flexibility index (Phi) is 2.52. The molecule has 1 aromatic heterocycles. The van der Waals surface area contributed by atoms with Crippen molar-refractivity contribution in [1.82, 2.24) is 0 Å². The van der Waals surface area contributed by atoms with E-state index in [1.165, 1.54) is 16.7 Å². The second kappa shape index (κ2) is 4.04. The maximum atomic E-state index is 6.52. The third kappa shape index (κ3) is 2.13. The molecule has 0 amide bonds. The summed E-state index contributed by atoms with van der Waals surface area (Å²) in [6.07, 6.45) is 7.52. The molecule has 1 aliphatic rings. The fourth-order valence-corrected chi connectivity index (χ4v) is 2.78. The van der Waals surface area contributed by atoms with Gasteiger partial charge in [-0.2, -0.15) is 0 Å². The number of aryl methyl sites for hydroxylation is 1. The zero-order valence-electron chi connectivity index (χ0n) is 9.86. The van der Waals surface area contributed by atoms with Gasteiger partial charge in [0.15, 0.2) is 0 Å². The van der Waals surface area contributed by atoms with Crippen molar-refractivity contribution >= 4 is 0 Å². The zero-order valence-corrected chi connectivity index (χ0v) is 9.86. The lowest BCUT2D eigenvalue weighted by Crippen LogP contribution is -2.47. The van der Waals surface area contributed by atoms with Gasteiger partial charge in [0, 0.05) is 5.54 Å². The molecule has 1 aliphatic carbocycles. The normalized spacial score (nSPS) is 23.4. The van der Waals surface area contributed by atoms with Crippen LogP contribution in [0, 0.1) is 0 Å². The monoisotopic (exact) mass is 227 g/mol. The van der Waals surface area contributed by atoms with E-state index in [0.29, 0.717) is 0 Å². The molecule has 88 valence electrons. The van der Waals surface area contributed by atoms with Crippen LogP contribution < -0.4 is 5.73 Å². The SMILES string of the molecule is NC1(Cc2ccoc2)CCc2ccccc2C1. The van der Waals surface area contributed by atoms with E-state index in [1.807, 2.05) is 6.07 Å². The highest BCUT2D eigenvalue weighted by Crippen LogP contribution is 2.29. The largest absolute Gasteiger partial charge is 0.472 e. The lowest BCUT2D eigenvalue weighted by atomic mass is 9.76. The van der Waals surface area contributed by atoms with E-state index >= 15 is 0 Å². The number of benzene rings is 1. The number of rotatable bonds is 2. The van der Waals surface area contributed by atoms with Gasteiger partial charge in [0.05, 0.1) is 12.5 Å². The van der Waals surface area contributed by atoms with E-state index in [9.17, 15) is 0 Å². The van der Waals surface area contributed by atoms with Gasteiger partial charge >= 0.3 is 0 Å². The average Bonchev–Trinajstić information content (AvgIpc) is 2.81. The topological polar surface area (TPSA) is 39.2 Å². The highest BCUT2D eigenvalue weighted by molar-refractivity contribution is 5.33. The highest BCUT2D eigenvalue weighted by Gasteiger charge is 2.30.